The second kappa shape index (κ2) is 9.99. The van der Waals surface area contributed by atoms with Crippen molar-refractivity contribution in [2.75, 3.05) is 4.90 Å². The maximum Gasteiger partial charge on any atom is 0.280 e. The van der Waals surface area contributed by atoms with Crippen molar-refractivity contribution in [3.8, 4) is 0 Å². The van der Waals surface area contributed by atoms with Gasteiger partial charge in [-0.25, -0.2) is 0 Å². The first-order chi connectivity index (χ1) is 15.6. The summed E-state index contributed by atoms with van der Waals surface area (Å²) < 4.78 is 3.86. The Morgan fingerprint density at radius 2 is 1.84 bits per heavy atom. The molecule has 7 nitrogen and oxygen atoms in total. The van der Waals surface area contributed by atoms with Gasteiger partial charge in [0.2, 0.25) is 5.91 Å². The molecule has 1 aliphatic carbocycles. The zero-order valence-electron chi connectivity index (χ0n) is 18.3. The van der Waals surface area contributed by atoms with Gasteiger partial charge in [-0.1, -0.05) is 35.9 Å². The van der Waals surface area contributed by atoms with E-state index in [1.165, 1.54) is 6.42 Å². The molecule has 2 aromatic heterocycles. The van der Waals surface area contributed by atoms with E-state index in [1.807, 2.05) is 32.0 Å². The van der Waals surface area contributed by atoms with Crippen LogP contribution in [-0.4, -0.2) is 32.4 Å². The molecule has 1 aliphatic rings. The van der Waals surface area contributed by atoms with Crippen molar-refractivity contribution in [2.24, 2.45) is 0 Å². The highest BCUT2D eigenvalue weighted by atomic mass is 32.1. The number of benzene rings is 1. The lowest BCUT2D eigenvalue weighted by molar-refractivity contribution is -0.123. The van der Waals surface area contributed by atoms with Crippen molar-refractivity contribution in [1.82, 2.24) is 19.9 Å². The first-order valence-corrected chi connectivity index (χ1v) is 11.8. The molecule has 2 amide bonds. The summed E-state index contributed by atoms with van der Waals surface area (Å²) in [6.07, 6.45) is 8.62. The lowest BCUT2D eigenvalue weighted by Gasteiger charge is -2.34. The van der Waals surface area contributed by atoms with Gasteiger partial charge in [-0.05, 0) is 73.1 Å². The predicted octanol–water partition coefficient (Wildman–Crippen LogP) is 4.39. The number of amides is 2. The van der Waals surface area contributed by atoms with E-state index in [2.05, 4.69) is 19.9 Å². The molecule has 3 aromatic rings. The van der Waals surface area contributed by atoms with E-state index in [4.69, 9.17) is 0 Å². The fourth-order valence-electron chi connectivity index (χ4n) is 4.23. The second-order valence-electron chi connectivity index (χ2n) is 8.21. The summed E-state index contributed by atoms with van der Waals surface area (Å²) in [5.74, 6) is -0.548. The smallest absolute Gasteiger partial charge is 0.280 e. The molecule has 166 valence electrons. The zero-order chi connectivity index (χ0) is 22.5. The van der Waals surface area contributed by atoms with Gasteiger partial charge in [-0.3, -0.25) is 19.5 Å². The Morgan fingerprint density at radius 3 is 2.53 bits per heavy atom. The van der Waals surface area contributed by atoms with Crippen LogP contribution >= 0.6 is 11.5 Å². The predicted molar refractivity (Wildman–Crippen MR) is 125 cm³/mol. The minimum Gasteiger partial charge on any atom is -0.351 e. The number of carbonyl (C=O) groups is 2. The Hall–Kier alpha value is -3.13. The second-order valence-corrected chi connectivity index (χ2v) is 8.82. The molecule has 1 atom stereocenters. The van der Waals surface area contributed by atoms with E-state index in [0.29, 0.717) is 11.3 Å². The largest absolute Gasteiger partial charge is 0.351 e. The molecule has 1 unspecified atom stereocenters. The van der Waals surface area contributed by atoms with Gasteiger partial charge in [-0.2, -0.15) is 0 Å². The SMILES string of the molecule is Cc1cccc(N(C(=O)c2csnn2)C(C(=O)NC2CCCCC2)c2ccncc2)c1C. The van der Waals surface area contributed by atoms with E-state index in [0.717, 1.165) is 48.3 Å². The van der Waals surface area contributed by atoms with Crippen LogP contribution in [0.15, 0.2) is 48.1 Å². The molecule has 0 aliphatic heterocycles. The molecule has 2 heterocycles. The van der Waals surface area contributed by atoms with Gasteiger partial charge in [0.15, 0.2) is 5.69 Å². The summed E-state index contributed by atoms with van der Waals surface area (Å²) in [7, 11) is 0. The molecule has 1 aromatic carbocycles. The number of nitrogens with zero attached hydrogens (tertiary/aromatic N) is 4. The summed E-state index contributed by atoms with van der Waals surface area (Å²) in [5.41, 5.74) is 3.58. The van der Waals surface area contributed by atoms with Crippen molar-refractivity contribution in [2.45, 2.75) is 58.0 Å². The van der Waals surface area contributed by atoms with Crippen LogP contribution < -0.4 is 10.2 Å². The third-order valence-corrected chi connectivity index (χ3v) is 6.62. The third kappa shape index (κ3) is 4.70. The van der Waals surface area contributed by atoms with E-state index < -0.39 is 6.04 Å². The van der Waals surface area contributed by atoms with Crippen LogP contribution in [0.4, 0.5) is 5.69 Å². The molecule has 0 saturated heterocycles. The fourth-order valence-corrected chi connectivity index (χ4v) is 4.66. The maximum atomic E-state index is 13.7. The van der Waals surface area contributed by atoms with Crippen LogP contribution in [-0.2, 0) is 4.79 Å². The standard InChI is InChI=1S/C24H27N5O2S/c1-16-7-6-10-21(17(16)2)29(24(31)20-15-32-28-27-20)22(18-11-13-25-14-12-18)23(30)26-19-8-4-3-5-9-19/h6-7,10-15,19,22H,3-5,8-9H2,1-2H3,(H,26,30). The number of hydrogen-bond acceptors (Lipinski definition) is 6. The summed E-state index contributed by atoms with van der Waals surface area (Å²) in [5, 5.41) is 8.83. The van der Waals surface area contributed by atoms with Crippen LogP contribution in [0.3, 0.4) is 0 Å². The highest BCUT2D eigenvalue weighted by Gasteiger charge is 2.36. The number of aryl methyl sites for hydroxylation is 1. The molecule has 1 N–H and O–H groups in total. The third-order valence-electron chi connectivity index (χ3n) is 6.11. The van der Waals surface area contributed by atoms with Crippen LogP contribution in [0.1, 0.15) is 65.3 Å². The quantitative estimate of drug-likeness (QED) is 0.603. The van der Waals surface area contributed by atoms with Crippen LogP contribution in [0.5, 0.6) is 0 Å². The van der Waals surface area contributed by atoms with Gasteiger partial charge < -0.3 is 5.32 Å². The number of anilines is 1. The number of carbonyl (C=O) groups excluding carboxylic acids is 2. The van der Waals surface area contributed by atoms with Crippen LogP contribution in [0, 0.1) is 13.8 Å². The van der Waals surface area contributed by atoms with Crippen molar-refractivity contribution in [1.29, 1.82) is 0 Å². The normalized spacial score (nSPS) is 15.2. The van der Waals surface area contributed by atoms with Gasteiger partial charge in [0, 0.05) is 29.5 Å². The molecular weight excluding hydrogens is 422 g/mol. The highest BCUT2D eigenvalue weighted by Crippen LogP contribution is 2.33. The monoisotopic (exact) mass is 449 g/mol. The van der Waals surface area contributed by atoms with E-state index in [1.54, 1.807) is 34.8 Å². The Morgan fingerprint density at radius 1 is 1.09 bits per heavy atom. The first-order valence-electron chi connectivity index (χ1n) is 10.9. The summed E-state index contributed by atoms with van der Waals surface area (Å²) >= 11 is 1.11. The van der Waals surface area contributed by atoms with Crippen molar-refractivity contribution in [3.05, 3.63) is 70.5 Å². The van der Waals surface area contributed by atoms with Crippen molar-refractivity contribution >= 4 is 29.0 Å². The van der Waals surface area contributed by atoms with E-state index in [9.17, 15) is 9.59 Å². The first kappa shape index (κ1) is 22.1. The topological polar surface area (TPSA) is 88.1 Å². The number of aromatic nitrogens is 3. The molecule has 4 rings (SSSR count). The lowest BCUT2D eigenvalue weighted by atomic mass is 9.94. The van der Waals surface area contributed by atoms with Gasteiger partial charge in [0.1, 0.15) is 6.04 Å². The minimum atomic E-state index is -0.852. The fraction of sp³-hybridized carbons (Fsp3) is 0.375. The van der Waals surface area contributed by atoms with Crippen molar-refractivity contribution < 1.29 is 9.59 Å². The van der Waals surface area contributed by atoms with Gasteiger partial charge in [0.05, 0.1) is 0 Å². The van der Waals surface area contributed by atoms with Gasteiger partial charge in [0.25, 0.3) is 5.91 Å². The van der Waals surface area contributed by atoms with Gasteiger partial charge in [-0.15, -0.1) is 5.10 Å². The molecule has 0 bridgehead atoms. The summed E-state index contributed by atoms with van der Waals surface area (Å²) in [4.78, 5) is 33.1. The Balaban J connectivity index is 1.81. The Labute approximate surface area is 192 Å². The average molecular weight is 450 g/mol. The van der Waals surface area contributed by atoms with Crippen LogP contribution in [0.25, 0.3) is 0 Å². The van der Waals surface area contributed by atoms with E-state index >= 15 is 0 Å². The summed E-state index contributed by atoms with van der Waals surface area (Å²) in [6, 6.07) is 8.62. The molecule has 8 heteroatoms. The number of rotatable bonds is 6. The minimum absolute atomic E-state index is 0.122. The van der Waals surface area contributed by atoms with Crippen LogP contribution in [0.2, 0.25) is 0 Å². The molecule has 32 heavy (non-hydrogen) atoms. The average Bonchev–Trinajstić information content (AvgIpc) is 3.35. The Bertz CT molecular complexity index is 1070. The lowest BCUT2D eigenvalue weighted by Crippen LogP contribution is -2.47. The molecule has 0 spiro atoms. The van der Waals surface area contributed by atoms with E-state index in [-0.39, 0.29) is 23.6 Å². The zero-order valence-corrected chi connectivity index (χ0v) is 19.1. The number of hydrogen-bond donors (Lipinski definition) is 1. The summed E-state index contributed by atoms with van der Waals surface area (Å²) in [6.45, 7) is 3.96. The molecule has 1 fully saturated rings. The highest BCUT2D eigenvalue weighted by molar-refractivity contribution is 7.03. The number of nitrogens with one attached hydrogen (secondary N) is 1. The molecule has 0 radical (unpaired) electrons. The molecule has 1 saturated carbocycles. The molecular formula is C24H27N5O2S. The van der Waals surface area contributed by atoms with Crippen molar-refractivity contribution in [3.63, 3.8) is 0 Å². The Kier molecular flexibility index (Phi) is 6.90. The van der Waals surface area contributed by atoms with Gasteiger partial charge >= 0.3 is 0 Å². The maximum absolute atomic E-state index is 13.7. The number of pyridine rings is 1.